The van der Waals surface area contributed by atoms with Crippen molar-refractivity contribution in [3.05, 3.63) is 0 Å². The molecule has 0 aromatic carbocycles. The van der Waals surface area contributed by atoms with Crippen molar-refractivity contribution in [2.24, 2.45) is 11.8 Å². The fraction of sp³-hybridized carbons (Fsp3) is 0.923. The van der Waals surface area contributed by atoms with Crippen LogP contribution in [0.4, 0.5) is 0 Å². The lowest BCUT2D eigenvalue weighted by atomic mass is 9.78. The van der Waals surface area contributed by atoms with Gasteiger partial charge >= 0.3 is 0 Å². The van der Waals surface area contributed by atoms with E-state index >= 15 is 0 Å². The van der Waals surface area contributed by atoms with Crippen molar-refractivity contribution in [1.29, 1.82) is 0 Å². The third-order valence-electron chi connectivity index (χ3n) is 3.83. The summed E-state index contributed by atoms with van der Waals surface area (Å²) >= 11 is 0. The molecule has 3 heteroatoms. The number of rotatable bonds is 5. The van der Waals surface area contributed by atoms with Gasteiger partial charge in [0.2, 0.25) is 5.91 Å². The van der Waals surface area contributed by atoms with Gasteiger partial charge in [0.1, 0.15) is 0 Å². The van der Waals surface area contributed by atoms with Crippen LogP contribution in [0.3, 0.4) is 0 Å². The minimum absolute atomic E-state index is 0.201. The summed E-state index contributed by atoms with van der Waals surface area (Å²) in [6, 6.07) is 0.401. The number of hydrogen-bond donors (Lipinski definition) is 2. The van der Waals surface area contributed by atoms with Crippen LogP contribution >= 0.6 is 0 Å². The van der Waals surface area contributed by atoms with Crippen molar-refractivity contribution in [3.8, 4) is 0 Å². The highest BCUT2D eigenvalue weighted by molar-refractivity contribution is 5.76. The normalized spacial score (nSPS) is 30.1. The molecule has 3 nitrogen and oxygen atoms in total. The number of carbonyl (C=O) groups is 1. The molecule has 0 aliphatic heterocycles. The van der Waals surface area contributed by atoms with Crippen LogP contribution in [0.5, 0.6) is 0 Å². The van der Waals surface area contributed by atoms with Gasteiger partial charge in [0, 0.05) is 19.0 Å². The summed E-state index contributed by atoms with van der Waals surface area (Å²) in [6.07, 6.45) is 4.32. The molecule has 1 aliphatic rings. The Morgan fingerprint density at radius 3 is 2.75 bits per heavy atom. The summed E-state index contributed by atoms with van der Waals surface area (Å²) in [5, 5.41) is 6.35. The van der Waals surface area contributed by atoms with Gasteiger partial charge in [-0.05, 0) is 24.8 Å². The van der Waals surface area contributed by atoms with Crippen molar-refractivity contribution in [3.63, 3.8) is 0 Å². The summed E-state index contributed by atoms with van der Waals surface area (Å²) in [5.74, 6) is 1.57. The summed E-state index contributed by atoms with van der Waals surface area (Å²) in [6.45, 7) is 8.34. The Morgan fingerprint density at radius 1 is 1.31 bits per heavy atom. The highest BCUT2D eigenvalue weighted by Gasteiger charge is 2.27. The Labute approximate surface area is 99.4 Å². The van der Waals surface area contributed by atoms with Gasteiger partial charge in [-0.25, -0.2) is 0 Å². The van der Waals surface area contributed by atoms with Crippen LogP contribution in [0.1, 0.15) is 46.5 Å². The first-order valence-corrected chi connectivity index (χ1v) is 6.65. The number of amides is 1. The maximum absolute atomic E-state index is 11.7. The summed E-state index contributed by atoms with van der Waals surface area (Å²) in [7, 11) is 0. The van der Waals surface area contributed by atoms with E-state index in [2.05, 4.69) is 31.4 Å². The van der Waals surface area contributed by atoms with Crippen molar-refractivity contribution in [2.75, 3.05) is 13.1 Å². The lowest BCUT2D eigenvalue weighted by Gasteiger charge is -2.34. The van der Waals surface area contributed by atoms with Crippen LogP contribution in [0.15, 0.2) is 0 Å². The molecule has 16 heavy (non-hydrogen) atoms. The molecular formula is C13H26N2O. The largest absolute Gasteiger partial charge is 0.353 e. The van der Waals surface area contributed by atoms with Crippen LogP contribution < -0.4 is 10.6 Å². The third-order valence-corrected chi connectivity index (χ3v) is 3.83. The van der Waals surface area contributed by atoms with Gasteiger partial charge in [0.05, 0.1) is 0 Å². The molecule has 0 aromatic rings. The Bertz CT molecular complexity index is 218. The van der Waals surface area contributed by atoms with Gasteiger partial charge in [-0.15, -0.1) is 0 Å². The topological polar surface area (TPSA) is 41.1 Å². The first-order valence-electron chi connectivity index (χ1n) is 6.65. The fourth-order valence-corrected chi connectivity index (χ4v) is 2.44. The number of hydrogen-bond acceptors (Lipinski definition) is 2. The van der Waals surface area contributed by atoms with Gasteiger partial charge in [-0.2, -0.15) is 0 Å². The maximum atomic E-state index is 11.7. The van der Waals surface area contributed by atoms with E-state index in [9.17, 15) is 4.79 Å². The van der Waals surface area contributed by atoms with E-state index in [1.165, 1.54) is 12.8 Å². The highest BCUT2D eigenvalue weighted by atomic mass is 16.1. The SMILES string of the molecule is CCNCCC(=O)NC1CCCC(C)C1C. The molecule has 1 aliphatic carbocycles. The molecule has 0 heterocycles. The second kappa shape index (κ2) is 6.89. The predicted molar refractivity (Wildman–Crippen MR) is 67.3 cm³/mol. The van der Waals surface area contributed by atoms with Gasteiger partial charge in [0.15, 0.2) is 0 Å². The lowest BCUT2D eigenvalue weighted by molar-refractivity contribution is -0.122. The maximum Gasteiger partial charge on any atom is 0.221 e. The molecule has 3 unspecified atom stereocenters. The first-order chi connectivity index (χ1) is 7.65. The Kier molecular flexibility index (Phi) is 5.81. The Balaban J connectivity index is 2.26. The molecule has 1 amide bonds. The van der Waals surface area contributed by atoms with Gasteiger partial charge in [-0.1, -0.05) is 33.6 Å². The smallest absolute Gasteiger partial charge is 0.221 e. The zero-order valence-corrected chi connectivity index (χ0v) is 10.9. The molecule has 0 saturated heterocycles. The van der Waals surface area contributed by atoms with Gasteiger partial charge in [-0.3, -0.25) is 4.79 Å². The molecule has 3 atom stereocenters. The second-order valence-corrected chi connectivity index (χ2v) is 5.04. The second-order valence-electron chi connectivity index (χ2n) is 5.04. The minimum atomic E-state index is 0.201. The molecule has 1 fully saturated rings. The molecule has 2 N–H and O–H groups in total. The third kappa shape index (κ3) is 4.12. The van der Waals surface area contributed by atoms with Crippen molar-refractivity contribution in [2.45, 2.75) is 52.5 Å². The first kappa shape index (κ1) is 13.5. The quantitative estimate of drug-likeness (QED) is 0.703. The summed E-state index contributed by atoms with van der Waals surface area (Å²) < 4.78 is 0. The monoisotopic (exact) mass is 226 g/mol. The molecule has 1 saturated carbocycles. The van der Waals surface area contributed by atoms with Crippen LogP contribution in [0, 0.1) is 11.8 Å². The van der Waals surface area contributed by atoms with Gasteiger partial charge < -0.3 is 10.6 Å². The zero-order valence-electron chi connectivity index (χ0n) is 10.9. The molecule has 1 rings (SSSR count). The van der Waals surface area contributed by atoms with E-state index in [0.29, 0.717) is 18.4 Å². The van der Waals surface area contributed by atoms with E-state index in [1.807, 2.05) is 0 Å². The zero-order chi connectivity index (χ0) is 12.0. The lowest BCUT2D eigenvalue weighted by Crippen LogP contribution is -2.44. The van der Waals surface area contributed by atoms with Crippen molar-refractivity contribution >= 4 is 5.91 Å². The Morgan fingerprint density at radius 2 is 2.06 bits per heavy atom. The van der Waals surface area contributed by atoms with E-state index in [0.717, 1.165) is 25.4 Å². The molecular weight excluding hydrogens is 200 g/mol. The molecule has 0 aromatic heterocycles. The molecule has 0 bridgehead atoms. The van der Waals surface area contributed by atoms with E-state index in [-0.39, 0.29) is 5.91 Å². The van der Waals surface area contributed by atoms with Crippen LogP contribution in [0.25, 0.3) is 0 Å². The highest BCUT2D eigenvalue weighted by Crippen LogP contribution is 2.29. The standard InChI is InChI=1S/C13H26N2O/c1-4-14-9-8-13(16)15-12-7-5-6-10(2)11(12)3/h10-12,14H,4-9H2,1-3H3,(H,15,16). The van der Waals surface area contributed by atoms with Crippen LogP contribution in [-0.2, 0) is 4.79 Å². The Hall–Kier alpha value is -0.570. The summed E-state index contributed by atoms with van der Waals surface area (Å²) in [5.41, 5.74) is 0. The summed E-state index contributed by atoms with van der Waals surface area (Å²) in [4.78, 5) is 11.7. The molecule has 0 spiro atoms. The minimum Gasteiger partial charge on any atom is -0.353 e. The number of carbonyl (C=O) groups excluding carboxylic acids is 1. The molecule has 94 valence electrons. The van der Waals surface area contributed by atoms with E-state index in [4.69, 9.17) is 0 Å². The van der Waals surface area contributed by atoms with Crippen molar-refractivity contribution < 1.29 is 4.79 Å². The average Bonchev–Trinajstić information content (AvgIpc) is 2.25. The van der Waals surface area contributed by atoms with Crippen LogP contribution in [0.2, 0.25) is 0 Å². The van der Waals surface area contributed by atoms with Crippen LogP contribution in [-0.4, -0.2) is 25.0 Å². The average molecular weight is 226 g/mol. The van der Waals surface area contributed by atoms with E-state index < -0.39 is 0 Å². The number of nitrogens with one attached hydrogen (secondary N) is 2. The van der Waals surface area contributed by atoms with Gasteiger partial charge in [0.25, 0.3) is 0 Å². The molecule has 0 radical (unpaired) electrons. The van der Waals surface area contributed by atoms with E-state index in [1.54, 1.807) is 0 Å². The van der Waals surface area contributed by atoms with Crippen molar-refractivity contribution in [1.82, 2.24) is 10.6 Å². The fourth-order valence-electron chi connectivity index (χ4n) is 2.44. The predicted octanol–water partition coefficient (Wildman–Crippen LogP) is 1.93.